The van der Waals surface area contributed by atoms with Crippen LogP contribution in [0.4, 0.5) is 10.2 Å². The lowest BCUT2D eigenvalue weighted by atomic mass is 10.2. The maximum atomic E-state index is 13.0. The fraction of sp³-hybridized carbons (Fsp3) is 0.294. The number of carbonyl (C=O) groups excluding carboxylic acids is 1. The fourth-order valence-corrected chi connectivity index (χ4v) is 3.77. The number of sulfonamides is 1. The highest BCUT2D eigenvalue weighted by Gasteiger charge is 2.25. The molecule has 1 aromatic carbocycles. The van der Waals surface area contributed by atoms with E-state index in [4.69, 9.17) is 13.6 Å². The summed E-state index contributed by atoms with van der Waals surface area (Å²) in [5, 5.41) is 2.35. The van der Waals surface area contributed by atoms with Crippen molar-refractivity contribution >= 4 is 21.7 Å². The van der Waals surface area contributed by atoms with Crippen LogP contribution in [0.3, 0.4) is 0 Å². The van der Waals surface area contributed by atoms with Gasteiger partial charge in [0.25, 0.3) is 5.91 Å². The van der Waals surface area contributed by atoms with E-state index in [9.17, 15) is 17.6 Å². The third-order valence-corrected chi connectivity index (χ3v) is 5.35. The largest absolute Gasteiger partial charge is 0.496 e. The monoisotopic (exact) mass is 398 g/mol. The second-order valence-corrected chi connectivity index (χ2v) is 7.47. The Labute approximate surface area is 160 Å². The van der Waals surface area contributed by atoms with Crippen LogP contribution in [0.25, 0.3) is 0 Å². The van der Waals surface area contributed by atoms with Crippen molar-refractivity contribution < 1.29 is 31.2 Å². The third-order valence-electron chi connectivity index (χ3n) is 3.84. The molecule has 144 valence electrons. The van der Waals surface area contributed by atoms with Crippen molar-refractivity contribution in [2.45, 2.75) is 17.4 Å². The van der Waals surface area contributed by atoms with Crippen LogP contribution < -0.4 is 14.8 Å². The van der Waals surface area contributed by atoms with Gasteiger partial charge >= 0.3 is 0 Å². The number of rotatable bonds is 6. The van der Waals surface area contributed by atoms with E-state index >= 15 is 0 Å². The first-order valence-electron chi connectivity index (χ1n) is 9.39. The lowest BCUT2D eigenvalue weighted by molar-refractivity contribution is 0.102. The lowest BCUT2D eigenvalue weighted by Gasteiger charge is -2.14. The molecule has 0 bridgehead atoms. The van der Waals surface area contributed by atoms with Gasteiger partial charge in [0.1, 0.15) is 17.4 Å². The van der Waals surface area contributed by atoms with E-state index in [0.717, 1.165) is 30.5 Å². The van der Waals surface area contributed by atoms with Gasteiger partial charge in [0.2, 0.25) is 10.0 Å². The molecule has 0 spiro atoms. The molecule has 1 aliphatic rings. The second-order valence-electron chi connectivity index (χ2n) is 5.76. The summed E-state index contributed by atoms with van der Waals surface area (Å²) < 4.78 is 72.5. The van der Waals surface area contributed by atoms with Crippen LogP contribution in [0, 0.1) is 5.82 Å². The second kappa shape index (κ2) is 7.99. The molecule has 27 heavy (non-hydrogen) atoms. The van der Waals surface area contributed by atoms with E-state index in [1.807, 2.05) is 0 Å². The molecule has 1 atom stereocenters. The Balaban J connectivity index is 1.93. The van der Waals surface area contributed by atoms with Crippen molar-refractivity contribution in [1.82, 2.24) is 9.71 Å². The van der Waals surface area contributed by atoms with E-state index < -0.39 is 34.8 Å². The van der Waals surface area contributed by atoms with Gasteiger partial charge < -0.3 is 14.8 Å². The van der Waals surface area contributed by atoms with Crippen LogP contribution in [0.5, 0.6) is 5.75 Å². The van der Waals surface area contributed by atoms with Crippen molar-refractivity contribution in [2.24, 2.45) is 0 Å². The molecule has 2 N–H and O–H groups in total. The van der Waals surface area contributed by atoms with Gasteiger partial charge in [0.05, 0.1) is 34.4 Å². The van der Waals surface area contributed by atoms with Gasteiger partial charge in [-0.25, -0.2) is 22.5 Å². The minimum Gasteiger partial charge on any atom is -0.496 e. The third kappa shape index (κ3) is 4.59. The van der Waals surface area contributed by atoms with Gasteiger partial charge in [-0.05, 0) is 36.8 Å². The predicted molar refractivity (Wildman–Crippen MR) is 94.7 cm³/mol. The normalized spacial score (nSPS) is 19.0. The molecule has 1 saturated heterocycles. The molecule has 3 rings (SSSR count). The highest BCUT2D eigenvalue weighted by atomic mass is 32.2. The van der Waals surface area contributed by atoms with Crippen molar-refractivity contribution in [3.63, 3.8) is 0 Å². The lowest BCUT2D eigenvalue weighted by Crippen LogP contribution is -2.35. The van der Waals surface area contributed by atoms with Crippen LogP contribution in [-0.2, 0) is 14.8 Å². The Morgan fingerprint density at radius 3 is 2.93 bits per heavy atom. The minimum atomic E-state index is -4.01. The first kappa shape index (κ1) is 15.5. The summed E-state index contributed by atoms with van der Waals surface area (Å²) in [4.78, 5) is 16.1. The topological polar surface area (TPSA) is 107 Å². The molecule has 1 aliphatic heterocycles. The Morgan fingerprint density at radius 1 is 1.41 bits per heavy atom. The summed E-state index contributed by atoms with van der Waals surface area (Å²) in [6, 6.07) is 5.06. The molecule has 2 aromatic rings. The maximum absolute atomic E-state index is 13.0. The maximum Gasteiger partial charge on any atom is 0.260 e. The predicted octanol–water partition coefficient (Wildman–Crippen LogP) is 1.55. The molecule has 1 amide bonds. The molecule has 8 nitrogen and oxygen atoms in total. The average molecular weight is 398 g/mol. The Hall–Kier alpha value is -2.56. The van der Waals surface area contributed by atoms with Crippen molar-refractivity contribution in [3.8, 4) is 5.75 Å². The Morgan fingerprint density at radius 2 is 2.26 bits per heavy atom. The molecule has 1 fully saturated rings. The molecule has 0 aliphatic carbocycles. The van der Waals surface area contributed by atoms with Crippen molar-refractivity contribution in [3.05, 3.63) is 47.9 Å². The van der Waals surface area contributed by atoms with Crippen molar-refractivity contribution in [1.29, 1.82) is 0 Å². The Kier molecular flexibility index (Phi) is 4.58. The van der Waals surface area contributed by atoms with Gasteiger partial charge in [0, 0.05) is 12.6 Å². The number of pyridine rings is 1. The number of aromatic nitrogens is 1. The summed E-state index contributed by atoms with van der Waals surface area (Å²) in [5.74, 6) is -1.86. The quantitative estimate of drug-likeness (QED) is 0.765. The first-order valence-corrected chi connectivity index (χ1v) is 9.38. The number of nitrogens with zero attached hydrogens (tertiary/aromatic N) is 1. The summed E-state index contributed by atoms with van der Waals surface area (Å²) >= 11 is 0. The smallest absolute Gasteiger partial charge is 0.260 e. The number of amides is 1. The van der Waals surface area contributed by atoms with Crippen LogP contribution >= 0.6 is 0 Å². The summed E-state index contributed by atoms with van der Waals surface area (Å²) in [6.45, 7) is 0.653. The van der Waals surface area contributed by atoms with Crippen molar-refractivity contribution in [2.75, 3.05) is 25.6 Å². The molecular weight excluding hydrogens is 377 g/mol. The van der Waals surface area contributed by atoms with Gasteiger partial charge in [-0.15, -0.1) is 0 Å². The number of hydrogen-bond donors (Lipinski definition) is 2. The number of nitrogens with one attached hydrogen (secondary N) is 2. The van der Waals surface area contributed by atoms with Crippen LogP contribution in [0.2, 0.25) is 0 Å². The Bertz CT molecular complexity index is 1030. The summed E-state index contributed by atoms with van der Waals surface area (Å²) in [7, 11) is -6.88. The number of benzene rings is 1. The number of hydrogen-bond acceptors (Lipinski definition) is 6. The van der Waals surface area contributed by atoms with E-state index in [1.54, 1.807) is 0 Å². The van der Waals surface area contributed by atoms with Gasteiger partial charge in [-0.2, -0.15) is 0 Å². The molecule has 0 unspecified atom stereocenters. The highest BCUT2D eigenvalue weighted by Crippen LogP contribution is 2.24. The standard InChI is InChI=1S/C17H18FN3O5S/c1-25-15-4-3-13(27(23,24)21-12-6-7-26-10-12)8-14(15)17(22)20-16-5-2-11(18)9-19-16/h2-5,8-9,12,21H,6-7,10H2,1H3,(H,19,20,22)/t12-/m0/s1/i1D3. The summed E-state index contributed by atoms with van der Waals surface area (Å²) in [5.41, 5.74) is -0.345. The minimum absolute atomic E-state index is 0.0178. The molecule has 0 radical (unpaired) electrons. The average Bonchev–Trinajstić information content (AvgIpc) is 3.14. The zero-order valence-corrected chi connectivity index (χ0v) is 14.8. The summed E-state index contributed by atoms with van der Waals surface area (Å²) in [6.07, 6.45) is 1.38. The zero-order chi connectivity index (χ0) is 21.9. The van der Waals surface area contributed by atoms with Gasteiger partial charge in [0.15, 0.2) is 0 Å². The SMILES string of the molecule is [2H]C([2H])([2H])Oc1ccc(S(=O)(=O)N[C@H]2CCOC2)cc1C(=O)Nc1ccc(F)cn1. The zero-order valence-electron chi connectivity index (χ0n) is 16.9. The van der Waals surface area contributed by atoms with Crippen LogP contribution in [-0.4, -0.2) is 45.6 Å². The highest BCUT2D eigenvalue weighted by molar-refractivity contribution is 7.89. The number of ether oxygens (including phenoxy) is 2. The molecule has 2 heterocycles. The number of methoxy groups -OCH3 is 1. The first-order chi connectivity index (χ1) is 14.0. The van der Waals surface area contributed by atoms with E-state index in [-0.39, 0.29) is 28.6 Å². The number of carbonyl (C=O) groups is 1. The number of anilines is 1. The van der Waals surface area contributed by atoms with Crippen LogP contribution in [0.1, 0.15) is 20.9 Å². The van der Waals surface area contributed by atoms with Gasteiger partial charge in [-0.1, -0.05) is 0 Å². The fourth-order valence-electron chi connectivity index (χ4n) is 2.49. The molecular formula is C17H18FN3O5S. The van der Waals surface area contributed by atoms with Gasteiger partial charge in [-0.3, -0.25) is 4.79 Å². The van der Waals surface area contributed by atoms with Crippen LogP contribution in [0.15, 0.2) is 41.4 Å². The van der Waals surface area contributed by atoms with E-state index in [2.05, 4.69) is 15.0 Å². The van der Waals surface area contributed by atoms with E-state index in [1.165, 1.54) is 6.07 Å². The number of halogens is 1. The molecule has 10 heteroatoms. The van der Waals surface area contributed by atoms with E-state index in [0.29, 0.717) is 13.0 Å². The molecule has 0 saturated carbocycles. The molecule has 1 aromatic heterocycles.